The Labute approximate surface area is 120 Å². The average Bonchev–Trinajstić information content (AvgIpc) is 2.18. The summed E-state index contributed by atoms with van der Waals surface area (Å²) in [6.45, 7) is 0. The third-order valence-corrected chi connectivity index (χ3v) is 2.59. The Balaban J connectivity index is 3.38. The second-order valence-corrected chi connectivity index (χ2v) is 4.42. The Morgan fingerprint density at radius 3 is 2.25 bits per heavy atom. The van der Waals surface area contributed by atoms with Gasteiger partial charge in [-0.1, -0.05) is 0 Å². The summed E-state index contributed by atoms with van der Waals surface area (Å²) in [5.41, 5.74) is -2.26. The van der Waals surface area contributed by atoms with Crippen LogP contribution in [0.4, 0.5) is 26.3 Å². The highest BCUT2D eigenvalue weighted by molar-refractivity contribution is 14.1. The van der Waals surface area contributed by atoms with Gasteiger partial charge in [0.25, 0.3) is 0 Å². The van der Waals surface area contributed by atoms with Gasteiger partial charge in [0.15, 0.2) is 5.75 Å². The van der Waals surface area contributed by atoms with E-state index in [1.807, 2.05) is 0 Å². The number of alkyl halides is 6. The van der Waals surface area contributed by atoms with Crippen molar-refractivity contribution >= 4 is 28.6 Å². The van der Waals surface area contributed by atoms with Crippen LogP contribution in [-0.4, -0.2) is 22.4 Å². The number of carboxylic acid groups (broad SMARTS) is 1. The average molecular weight is 415 g/mol. The summed E-state index contributed by atoms with van der Waals surface area (Å²) in [6.07, 6.45) is -11.1. The predicted molar refractivity (Wildman–Crippen MR) is 60.0 cm³/mol. The minimum absolute atomic E-state index is 0.220. The molecule has 0 atom stereocenters. The number of nitrogens with zero attached hydrogens (tertiary/aromatic N) is 1. The minimum atomic E-state index is -5.17. The van der Waals surface area contributed by atoms with E-state index in [2.05, 4.69) is 9.72 Å². The number of carboxylic acids is 1. The van der Waals surface area contributed by atoms with E-state index in [9.17, 15) is 31.1 Å². The molecule has 112 valence electrons. The van der Waals surface area contributed by atoms with Gasteiger partial charge in [-0.2, -0.15) is 13.2 Å². The lowest BCUT2D eigenvalue weighted by atomic mass is 10.1. The molecule has 20 heavy (non-hydrogen) atoms. The normalized spacial score (nSPS) is 12.3. The molecule has 0 saturated carbocycles. The highest BCUT2D eigenvalue weighted by atomic mass is 127. The number of aromatic nitrogens is 1. The second kappa shape index (κ2) is 5.61. The molecular formula is C9H4F6INO3. The van der Waals surface area contributed by atoms with Gasteiger partial charge in [-0.05, 0) is 28.7 Å². The van der Waals surface area contributed by atoms with Gasteiger partial charge in [0.1, 0.15) is 9.39 Å². The van der Waals surface area contributed by atoms with Crippen LogP contribution in [0.3, 0.4) is 0 Å². The molecule has 0 spiro atoms. The van der Waals surface area contributed by atoms with Gasteiger partial charge in [-0.15, -0.1) is 13.2 Å². The SMILES string of the molecule is O=C(O)Cc1cc(C(F)(F)F)nc(I)c1OC(F)(F)F. The van der Waals surface area contributed by atoms with Gasteiger partial charge in [0, 0.05) is 5.56 Å². The van der Waals surface area contributed by atoms with Crippen molar-refractivity contribution in [3.8, 4) is 5.75 Å². The van der Waals surface area contributed by atoms with E-state index < -0.39 is 45.6 Å². The highest BCUT2D eigenvalue weighted by Crippen LogP contribution is 2.35. The van der Waals surface area contributed by atoms with E-state index in [0.29, 0.717) is 0 Å². The number of pyridine rings is 1. The first kappa shape index (κ1) is 16.8. The van der Waals surface area contributed by atoms with Crippen LogP contribution in [0.5, 0.6) is 5.75 Å². The van der Waals surface area contributed by atoms with Crippen molar-refractivity contribution in [2.24, 2.45) is 0 Å². The Bertz CT molecular complexity index is 528. The summed E-state index contributed by atoms with van der Waals surface area (Å²) in [4.78, 5) is 13.5. The topological polar surface area (TPSA) is 59.4 Å². The smallest absolute Gasteiger partial charge is 0.481 e. The maximum Gasteiger partial charge on any atom is 0.573 e. The van der Waals surface area contributed by atoms with Gasteiger partial charge in [0.05, 0.1) is 6.42 Å². The van der Waals surface area contributed by atoms with E-state index in [1.165, 1.54) is 0 Å². The first-order valence-electron chi connectivity index (χ1n) is 4.64. The van der Waals surface area contributed by atoms with Crippen molar-refractivity contribution in [3.63, 3.8) is 0 Å². The van der Waals surface area contributed by atoms with Crippen molar-refractivity contribution in [3.05, 3.63) is 21.0 Å². The highest BCUT2D eigenvalue weighted by Gasteiger charge is 2.37. The Kier molecular flexibility index (Phi) is 4.71. The molecule has 0 fully saturated rings. The first-order valence-corrected chi connectivity index (χ1v) is 5.72. The lowest BCUT2D eigenvalue weighted by molar-refractivity contribution is -0.275. The number of carbonyl (C=O) groups is 1. The lowest BCUT2D eigenvalue weighted by Crippen LogP contribution is -2.21. The Hall–Kier alpha value is -1.27. The fraction of sp³-hybridized carbons (Fsp3) is 0.333. The van der Waals surface area contributed by atoms with Crippen molar-refractivity contribution in [1.82, 2.24) is 4.98 Å². The van der Waals surface area contributed by atoms with Crippen molar-refractivity contribution in [1.29, 1.82) is 0 Å². The number of hydrogen-bond acceptors (Lipinski definition) is 3. The molecule has 11 heteroatoms. The third-order valence-electron chi connectivity index (χ3n) is 1.86. The molecule has 0 saturated heterocycles. The molecule has 0 unspecified atom stereocenters. The van der Waals surface area contributed by atoms with Crippen LogP contribution < -0.4 is 4.74 Å². The first-order chi connectivity index (χ1) is 8.90. The molecule has 0 aliphatic heterocycles. The van der Waals surface area contributed by atoms with E-state index in [4.69, 9.17) is 5.11 Å². The fourth-order valence-corrected chi connectivity index (χ4v) is 1.93. The zero-order chi connectivity index (χ0) is 15.7. The van der Waals surface area contributed by atoms with Crippen LogP contribution in [0.2, 0.25) is 0 Å². The molecule has 4 nitrogen and oxygen atoms in total. The quantitative estimate of drug-likeness (QED) is 0.468. The molecule has 1 heterocycles. The maximum absolute atomic E-state index is 12.5. The second-order valence-electron chi connectivity index (χ2n) is 3.40. The number of aliphatic carboxylic acids is 1. The third kappa shape index (κ3) is 4.68. The minimum Gasteiger partial charge on any atom is -0.481 e. The fourth-order valence-electron chi connectivity index (χ4n) is 1.21. The number of halogens is 7. The van der Waals surface area contributed by atoms with Gasteiger partial charge in [0.2, 0.25) is 0 Å². The van der Waals surface area contributed by atoms with Crippen molar-refractivity contribution in [2.45, 2.75) is 19.0 Å². The van der Waals surface area contributed by atoms with E-state index in [-0.39, 0.29) is 6.07 Å². The Morgan fingerprint density at radius 1 is 1.30 bits per heavy atom. The molecule has 0 bridgehead atoms. The van der Waals surface area contributed by atoms with Crippen LogP contribution in [0.15, 0.2) is 6.07 Å². The standard InChI is InChI=1S/C9H4F6INO3/c10-8(11,12)4-1-3(2-5(18)19)6(7(16)17-4)20-9(13,14)15/h1H,2H2,(H,18,19). The summed E-state index contributed by atoms with van der Waals surface area (Å²) >= 11 is 1.11. The van der Waals surface area contributed by atoms with Crippen molar-refractivity contribution in [2.75, 3.05) is 0 Å². The molecule has 1 rings (SSSR count). The van der Waals surface area contributed by atoms with Crippen LogP contribution in [-0.2, 0) is 17.4 Å². The zero-order valence-corrected chi connectivity index (χ0v) is 11.3. The van der Waals surface area contributed by atoms with Gasteiger partial charge in [-0.25, -0.2) is 4.98 Å². The zero-order valence-electron chi connectivity index (χ0n) is 9.14. The molecule has 0 aliphatic rings. The number of ether oxygens (including phenoxy) is 1. The largest absolute Gasteiger partial charge is 0.573 e. The summed E-state index contributed by atoms with van der Waals surface area (Å²) in [6, 6.07) is 0.220. The molecular weight excluding hydrogens is 411 g/mol. The van der Waals surface area contributed by atoms with Gasteiger partial charge in [-0.3, -0.25) is 4.79 Å². The molecule has 0 aromatic carbocycles. The lowest BCUT2D eigenvalue weighted by Gasteiger charge is -2.16. The molecule has 0 amide bonds. The summed E-state index contributed by atoms with van der Waals surface area (Å²) in [7, 11) is 0. The van der Waals surface area contributed by atoms with Crippen LogP contribution in [0.1, 0.15) is 11.3 Å². The van der Waals surface area contributed by atoms with Crippen LogP contribution in [0.25, 0.3) is 0 Å². The van der Waals surface area contributed by atoms with Crippen LogP contribution in [0, 0.1) is 3.70 Å². The van der Waals surface area contributed by atoms with Gasteiger partial charge >= 0.3 is 18.5 Å². The maximum atomic E-state index is 12.5. The molecule has 1 N–H and O–H groups in total. The molecule has 1 aromatic rings. The number of rotatable bonds is 3. The van der Waals surface area contributed by atoms with E-state index in [0.717, 1.165) is 22.6 Å². The van der Waals surface area contributed by atoms with Crippen molar-refractivity contribution < 1.29 is 41.0 Å². The van der Waals surface area contributed by atoms with Gasteiger partial charge < -0.3 is 9.84 Å². The summed E-state index contributed by atoms with van der Waals surface area (Å²) in [5.74, 6) is -2.65. The summed E-state index contributed by atoms with van der Waals surface area (Å²) in [5, 5.41) is 8.53. The van der Waals surface area contributed by atoms with E-state index >= 15 is 0 Å². The molecule has 0 radical (unpaired) electrons. The molecule has 1 aromatic heterocycles. The van der Waals surface area contributed by atoms with E-state index in [1.54, 1.807) is 0 Å². The Morgan fingerprint density at radius 2 is 1.85 bits per heavy atom. The summed E-state index contributed by atoms with van der Waals surface area (Å²) < 4.78 is 76.7. The van der Waals surface area contributed by atoms with Crippen LogP contribution >= 0.6 is 22.6 Å². The predicted octanol–water partition coefficient (Wildman–Crippen LogP) is 3.23. The monoisotopic (exact) mass is 415 g/mol. The molecule has 0 aliphatic carbocycles. The number of hydrogen-bond donors (Lipinski definition) is 1.